The van der Waals surface area contributed by atoms with E-state index in [0.717, 1.165) is 16.8 Å². The first-order valence-electron chi connectivity index (χ1n) is 9.07. The standard InChI is InChI=1S/C22H22BrNO4/c1-2-28-22(26)18-19(23)21(17-11-7-4-8-12-17)24(15-27-14-13-25)20(18)16-9-5-3-6-10-16/h3-12,25H,2,13-15H2,1H3. The second-order valence-electron chi connectivity index (χ2n) is 6.03. The Morgan fingerprint density at radius 3 is 2.11 bits per heavy atom. The molecule has 0 aliphatic heterocycles. The largest absolute Gasteiger partial charge is 0.462 e. The number of ether oxygens (including phenoxy) is 2. The summed E-state index contributed by atoms with van der Waals surface area (Å²) in [6, 6.07) is 19.5. The van der Waals surface area contributed by atoms with Crippen molar-refractivity contribution in [1.82, 2.24) is 4.57 Å². The fourth-order valence-electron chi connectivity index (χ4n) is 3.10. The van der Waals surface area contributed by atoms with E-state index in [1.807, 2.05) is 65.2 Å². The molecule has 0 amide bonds. The molecule has 5 nitrogen and oxygen atoms in total. The zero-order valence-electron chi connectivity index (χ0n) is 15.6. The Morgan fingerprint density at radius 1 is 1.00 bits per heavy atom. The molecule has 3 aromatic rings. The Labute approximate surface area is 172 Å². The molecule has 6 heteroatoms. The monoisotopic (exact) mass is 443 g/mol. The Bertz CT molecular complexity index is 923. The maximum Gasteiger partial charge on any atom is 0.341 e. The van der Waals surface area contributed by atoms with Crippen LogP contribution in [0, 0.1) is 0 Å². The lowest BCUT2D eigenvalue weighted by atomic mass is 10.1. The predicted octanol–water partition coefficient (Wildman–Crippen LogP) is 4.73. The highest BCUT2D eigenvalue weighted by Crippen LogP contribution is 2.41. The maximum atomic E-state index is 12.8. The number of nitrogens with zero attached hydrogens (tertiary/aromatic N) is 1. The molecule has 0 aliphatic carbocycles. The maximum absolute atomic E-state index is 12.8. The van der Waals surface area contributed by atoms with Crippen molar-refractivity contribution in [2.75, 3.05) is 19.8 Å². The minimum Gasteiger partial charge on any atom is -0.462 e. The van der Waals surface area contributed by atoms with Crippen LogP contribution in [-0.2, 0) is 16.2 Å². The highest BCUT2D eigenvalue weighted by molar-refractivity contribution is 9.10. The highest BCUT2D eigenvalue weighted by Gasteiger charge is 2.28. The summed E-state index contributed by atoms with van der Waals surface area (Å²) >= 11 is 3.64. The zero-order valence-corrected chi connectivity index (χ0v) is 17.2. The molecular formula is C22H22BrNO4. The van der Waals surface area contributed by atoms with E-state index in [2.05, 4.69) is 15.9 Å². The van der Waals surface area contributed by atoms with Crippen LogP contribution in [-0.4, -0.2) is 35.5 Å². The van der Waals surface area contributed by atoms with E-state index in [1.54, 1.807) is 6.92 Å². The summed E-state index contributed by atoms with van der Waals surface area (Å²) in [5, 5.41) is 9.12. The van der Waals surface area contributed by atoms with Crippen molar-refractivity contribution in [2.24, 2.45) is 0 Å². The molecule has 0 fully saturated rings. The van der Waals surface area contributed by atoms with E-state index >= 15 is 0 Å². The lowest BCUT2D eigenvalue weighted by Gasteiger charge is -2.15. The number of aliphatic hydroxyl groups excluding tert-OH is 1. The van der Waals surface area contributed by atoms with E-state index < -0.39 is 5.97 Å². The topological polar surface area (TPSA) is 60.7 Å². The van der Waals surface area contributed by atoms with Crippen LogP contribution < -0.4 is 0 Å². The SMILES string of the molecule is CCOC(=O)c1c(Br)c(-c2ccccc2)n(COCCO)c1-c1ccccc1. The van der Waals surface area contributed by atoms with Crippen LogP contribution in [0.5, 0.6) is 0 Å². The van der Waals surface area contributed by atoms with Gasteiger partial charge in [-0.1, -0.05) is 60.7 Å². The summed E-state index contributed by atoms with van der Waals surface area (Å²) in [6.07, 6.45) is 0. The predicted molar refractivity (Wildman–Crippen MR) is 112 cm³/mol. The van der Waals surface area contributed by atoms with Gasteiger partial charge in [-0.25, -0.2) is 4.79 Å². The normalized spacial score (nSPS) is 10.8. The Balaban J connectivity index is 2.28. The third-order valence-corrected chi connectivity index (χ3v) is 5.01. The van der Waals surface area contributed by atoms with Crippen LogP contribution in [0.3, 0.4) is 0 Å². The Hall–Kier alpha value is -2.41. The first kappa shape index (κ1) is 20.3. The molecular weight excluding hydrogens is 422 g/mol. The third kappa shape index (κ3) is 4.19. The number of aromatic nitrogens is 1. The lowest BCUT2D eigenvalue weighted by molar-refractivity contribution is 0.0489. The van der Waals surface area contributed by atoms with Crippen molar-refractivity contribution in [3.8, 4) is 22.5 Å². The van der Waals surface area contributed by atoms with Gasteiger partial charge >= 0.3 is 5.97 Å². The van der Waals surface area contributed by atoms with E-state index in [-0.39, 0.29) is 26.6 Å². The van der Waals surface area contributed by atoms with Crippen molar-refractivity contribution in [3.63, 3.8) is 0 Å². The van der Waals surface area contributed by atoms with E-state index in [4.69, 9.17) is 14.6 Å². The minimum absolute atomic E-state index is 0.0749. The van der Waals surface area contributed by atoms with E-state index in [9.17, 15) is 4.79 Å². The molecule has 2 aromatic carbocycles. The van der Waals surface area contributed by atoms with Crippen molar-refractivity contribution >= 4 is 21.9 Å². The van der Waals surface area contributed by atoms with Gasteiger partial charge in [0.1, 0.15) is 12.3 Å². The number of esters is 1. The second-order valence-corrected chi connectivity index (χ2v) is 6.82. The fraction of sp³-hybridized carbons (Fsp3) is 0.227. The average Bonchev–Trinajstić information content (AvgIpc) is 3.02. The van der Waals surface area contributed by atoms with E-state index in [0.29, 0.717) is 15.7 Å². The first-order valence-corrected chi connectivity index (χ1v) is 9.86. The molecule has 1 aromatic heterocycles. The number of aliphatic hydroxyl groups is 1. The van der Waals surface area contributed by atoms with Gasteiger partial charge in [-0.2, -0.15) is 0 Å². The molecule has 28 heavy (non-hydrogen) atoms. The summed E-state index contributed by atoms with van der Waals surface area (Å²) < 4.78 is 13.6. The molecule has 146 valence electrons. The molecule has 0 saturated heterocycles. The number of halogens is 1. The summed E-state index contributed by atoms with van der Waals surface area (Å²) in [7, 11) is 0. The number of hydrogen-bond donors (Lipinski definition) is 1. The van der Waals surface area contributed by atoms with Crippen molar-refractivity contribution < 1.29 is 19.4 Å². The van der Waals surface area contributed by atoms with Gasteiger partial charge in [0.15, 0.2) is 0 Å². The van der Waals surface area contributed by atoms with Crippen molar-refractivity contribution in [1.29, 1.82) is 0 Å². The summed E-state index contributed by atoms with van der Waals surface area (Å²) in [6.45, 7) is 2.38. The number of rotatable bonds is 8. The number of hydrogen-bond acceptors (Lipinski definition) is 4. The minimum atomic E-state index is -0.397. The fourth-order valence-corrected chi connectivity index (χ4v) is 3.89. The van der Waals surface area contributed by atoms with Gasteiger partial charge in [-0.3, -0.25) is 0 Å². The van der Waals surface area contributed by atoms with Gasteiger partial charge in [-0.15, -0.1) is 0 Å². The zero-order chi connectivity index (χ0) is 19.9. The Kier molecular flexibility index (Phi) is 7.03. The Morgan fingerprint density at radius 2 is 1.57 bits per heavy atom. The number of carbonyl (C=O) groups excluding carboxylic acids is 1. The van der Waals surface area contributed by atoms with Crippen molar-refractivity contribution in [3.05, 3.63) is 70.7 Å². The summed E-state index contributed by atoms with van der Waals surface area (Å²) in [4.78, 5) is 12.8. The van der Waals surface area contributed by atoms with Gasteiger partial charge in [0.05, 0.1) is 35.7 Å². The molecule has 1 heterocycles. The summed E-state index contributed by atoms with van der Waals surface area (Å²) in [5.41, 5.74) is 3.80. The number of benzene rings is 2. The van der Waals surface area contributed by atoms with Crippen LogP contribution in [0.2, 0.25) is 0 Å². The highest BCUT2D eigenvalue weighted by atomic mass is 79.9. The van der Waals surface area contributed by atoms with Gasteiger partial charge in [0, 0.05) is 0 Å². The van der Waals surface area contributed by atoms with E-state index in [1.165, 1.54) is 0 Å². The van der Waals surface area contributed by atoms with Gasteiger partial charge in [-0.05, 0) is 34.0 Å². The molecule has 0 spiro atoms. The average molecular weight is 444 g/mol. The number of carbonyl (C=O) groups is 1. The lowest BCUT2D eigenvalue weighted by Crippen LogP contribution is -2.11. The van der Waals surface area contributed by atoms with Gasteiger partial charge in [0.2, 0.25) is 0 Å². The van der Waals surface area contributed by atoms with Crippen molar-refractivity contribution in [2.45, 2.75) is 13.7 Å². The summed E-state index contributed by atoms with van der Waals surface area (Å²) in [5.74, 6) is -0.397. The smallest absolute Gasteiger partial charge is 0.341 e. The molecule has 1 N–H and O–H groups in total. The molecule has 0 atom stereocenters. The third-order valence-electron chi connectivity index (χ3n) is 4.23. The molecule has 0 aliphatic rings. The second kappa shape index (κ2) is 9.68. The molecule has 0 radical (unpaired) electrons. The van der Waals surface area contributed by atoms with Gasteiger partial charge < -0.3 is 19.1 Å². The van der Waals surface area contributed by atoms with Crippen LogP contribution in [0.25, 0.3) is 22.5 Å². The van der Waals surface area contributed by atoms with Crippen LogP contribution in [0.15, 0.2) is 65.1 Å². The van der Waals surface area contributed by atoms with Gasteiger partial charge in [0.25, 0.3) is 0 Å². The van der Waals surface area contributed by atoms with Crippen LogP contribution in [0.1, 0.15) is 17.3 Å². The quantitative estimate of drug-likeness (QED) is 0.403. The molecule has 3 rings (SSSR count). The van der Waals surface area contributed by atoms with Crippen LogP contribution in [0.4, 0.5) is 0 Å². The first-order chi connectivity index (χ1) is 13.7. The molecule has 0 unspecified atom stereocenters. The van der Waals surface area contributed by atoms with Crippen LogP contribution >= 0.6 is 15.9 Å². The molecule has 0 saturated carbocycles. The molecule has 0 bridgehead atoms.